The number of hydrogen-bond acceptors (Lipinski definition) is 27. The van der Waals surface area contributed by atoms with E-state index in [1.54, 1.807) is 96.5 Å². The molecule has 0 radical (unpaired) electrons. The van der Waals surface area contributed by atoms with Crippen LogP contribution >= 0.6 is 0 Å². The molecule has 4 aliphatic rings. The van der Waals surface area contributed by atoms with Crippen LogP contribution in [0.25, 0.3) is 0 Å². The van der Waals surface area contributed by atoms with E-state index in [2.05, 4.69) is 59.7 Å². The lowest BCUT2D eigenvalue weighted by Crippen LogP contribution is -2.62. The Balaban J connectivity index is 0.948. The second kappa shape index (κ2) is 61.6. The number of fused-ring (bicyclic) bond motifs is 2. The zero-order valence-electron chi connectivity index (χ0n) is 85.2. The molecule has 2 fully saturated rings. The van der Waals surface area contributed by atoms with Gasteiger partial charge in [-0.1, -0.05) is 154 Å². The number of likely N-dealkylation sites (N-methyl/N-ethyl adjacent to an activating group) is 2. The minimum Gasteiger partial charge on any atom is -0.399 e. The molecular weight excluding hydrogens is 1840 g/mol. The van der Waals surface area contributed by atoms with Crippen LogP contribution in [0.4, 0.5) is 10.5 Å². The lowest BCUT2D eigenvalue weighted by atomic mass is 9.89. The molecule has 1 unspecified atom stereocenters. The highest BCUT2D eigenvalue weighted by Crippen LogP contribution is 2.33. The molecule has 3 aromatic rings. The van der Waals surface area contributed by atoms with E-state index in [1.165, 1.54) is 31.1 Å². The molecule has 2 saturated heterocycles. The summed E-state index contributed by atoms with van der Waals surface area (Å²) in [6, 6.07) is 14.9. The zero-order valence-corrected chi connectivity index (χ0v) is 85.2. The summed E-state index contributed by atoms with van der Waals surface area (Å²) < 4.78 is 46.6. The number of benzene rings is 3. The number of nitrogens with zero attached hydrogens (tertiary/aromatic N) is 4. The standard InChI is InChI=1S/C102H159N15O25/c1-15-65(8)89(78(135-13)58-84(123)116-49-29-39-76(116)94(136-14)66(9)95(128)108-67(10)90(124)70-32-18-16-19-33-70)115(12)101(133)87(63(4)5)113-98(131)88(64(6)7)114(11)100(132)74(37-28-47-107-102(104)134)110-97(130)86(62(2)3)112-96(129)73(36-26-27-46-105-82(121)61-141-77-40-21-17-20-35-72(85(77)103)111-99-93(127)92(126)91(125)79(60-118)142-99)109-81(120)45-50-137-52-54-139-56-57-140-55-53-138-51-48-106-80(119)43-44-83(122)117-59-71-34-23-22-30-68(71)41-42-69-31-24-25-38-75(69)117/h16,18-19,22-25,30-34,38,62-67,73-74,76-79,86-94,99,111,118,124-127H,15,17,20-21,26-29,35-37,39-40,43-61,103H2,1-14H3,(H,105,121)(H,106,119)(H,108,128)(H,109,120)(H,110,130)(H,112,129)(H,113,131)(H3,104,107,134)/b85-72-/t65-,66+,67+,73+,74-,76-,77?,78+,79+,86-,87-,88-,89-,90+,91-,92-,93+,94+,99+/m0/s1. The SMILES string of the molecule is CC[C@H](C)[C@@H]([C@@H](CC(=O)N1CCC[C@H]1[C@H](OC)[C@@H](C)C(=O)N[C@H](C)[C@@H](O)c1ccccc1)OC)N(C)C(=O)[C@@H](NC(=O)[C@H](C(C)C)N(C)C(=O)[C@H](CCCNC(N)=O)NC(=O)[C@@H](NC(=O)[C@@H](CCCCNC(=O)COC1CCCCC/C(N[C@@H]2O[C@H](CO)[C@H](O)[C@H](O)[C@H]2O)=C\1N)NC(=O)CCOCCOCCOCCOCCNC(=O)CCC(=O)N1Cc2ccccc2C#Cc2ccccc21)C(C)C)C(C)C. The minimum atomic E-state index is -1.63. The second-order valence-electron chi connectivity index (χ2n) is 38.0. The van der Waals surface area contributed by atoms with Crippen molar-refractivity contribution in [2.75, 3.05) is 125 Å². The quantitative estimate of drug-likeness (QED) is 0.0285. The summed E-state index contributed by atoms with van der Waals surface area (Å²) in [4.78, 5) is 176. The van der Waals surface area contributed by atoms with Crippen molar-refractivity contribution < 1.29 is 121 Å². The molecule has 13 amide bonds. The highest BCUT2D eigenvalue weighted by atomic mass is 16.6. The van der Waals surface area contributed by atoms with E-state index in [4.69, 9.17) is 49.4 Å². The van der Waals surface area contributed by atoms with Gasteiger partial charge < -0.3 is 142 Å². The molecule has 3 heterocycles. The third-order valence-corrected chi connectivity index (χ3v) is 26.5. The van der Waals surface area contributed by atoms with E-state index in [1.807, 2.05) is 68.4 Å². The molecule has 40 nitrogen and oxygen atoms in total. The highest BCUT2D eigenvalue weighted by Gasteiger charge is 2.47. The van der Waals surface area contributed by atoms with Gasteiger partial charge in [0.1, 0.15) is 61.2 Å². The number of primary amides is 1. The number of methoxy groups -OCH3 is 2. The van der Waals surface area contributed by atoms with Crippen LogP contribution in [0.2, 0.25) is 0 Å². The van der Waals surface area contributed by atoms with Crippen molar-refractivity contribution in [3.63, 3.8) is 0 Å². The van der Waals surface area contributed by atoms with Crippen molar-refractivity contribution in [2.45, 2.75) is 288 Å². The van der Waals surface area contributed by atoms with Gasteiger partial charge in [0.15, 0.2) is 6.23 Å². The monoisotopic (exact) mass is 1990 g/mol. The maximum Gasteiger partial charge on any atom is 0.312 e. The summed E-state index contributed by atoms with van der Waals surface area (Å²) in [5, 5.41) is 77.9. The Morgan fingerprint density at radius 2 is 1.19 bits per heavy atom. The summed E-state index contributed by atoms with van der Waals surface area (Å²) in [6.07, 6.45) is -5.66. The summed E-state index contributed by atoms with van der Waals surface area (Å²) in [7, 11) is 5.95. The summed E-state index contributed by atoms with van der Waals surface area (Å²) in [5.74, 6) is -2.21. The molecule has 0 spiro atoms. The van der Waals surface area contributed by atoms with Crippen molar-refractivity contribution in [3.05, 3.63) is 113 Å². The molecule has 18 N–H and O–H groups in total. The fourth-order valence-corrected chi connectivity index (χ4v) is 18.1. The van der Waals surface area contributed by atoms with Gasteiger partial charge in [0.05, 0.1) is 132 Å². The van der Waals surface area contributed by atoms with Crippen LogP contribution in [0.1, 0.15) is 207 Å². The number of nitrogens with one attached hydrogen (secondary N) is 9. The first-order valence-electron chi connectivity index (χ1n) is 50.0. The van der Waals surface area contributed by atoms with Gasteiger partial charge in [0.25, 0.3) is 0 Å². The average Bonchev–Trinajstić information content (AvgIpc) is 1.57. The first kappa shape index (κ1) is 118. The number of likely N-dealkylation sites (tertiary alicyclic amines) is 1. The van der Waals surface area contributed by atoms with Crippen molar-refractivity contribution in [3.8, 4) is 11.8 Å². The fraction of sp³-hybridized carbons (Fsp3) is 0.667. The number of carbonyl (C=O) groups is 12. The Morgan fingerprint density at radius 1 is 0.570 bits per heavy atom. The number of amides is 13. The Bertz CT molecular complexity index is 4600. The molecule has 7 rings (SSSR count). The van der Waals surface area contributed by atoms with E-state index < -0.39 is 188 Å². The molecule has 40 heteroatoms. The van der Waals surface area contributed by atoms with Crippen LogP contribution in [-0.2, 0) is 97.2 Å². The number of aliphatic hydroxyl groups excluding tert-OH is 5. The van der Waals surface area contributed by atoms with Crippen molar-refractivity contribution in [1.82, 2.24) is 62.6 Å². The Hall–Kier alpha value is -10.5. The number of allylic oxidation sites excluding steroid dienone is 1. The van der Waals surface area contributed by atoms with Gasteiger partial charge in [-0.05, 0) is 124 Å². The lowest BCUT2D eigenvalue weighted by Gasteiger charge is -2.41. The average molecular weight is 2000 g/mol. The summed E-state index contributed by atoms with van der Waals surface area (Å²) >= 11 is 0. The molecule has 0 saturated carbocycles. The van der Waals surface area contributed by atoms with E-state index >= 15 is 14.4 Å². The third kappa shape index (κ3) is 36.7. The highest BCUT2D eigenvalue weighted by molar-refractivity contribution is 5.98. The van der Waals surface area contributed by atoms with Gasteiger partial charge in [-0.2, -0.15) is 0 Å². The molecule has 0 aromatic heterocycles. The van der Waals surface area contributed by atoms with Crippen molar-refractivity contribution in [2.24, 2.45) is 41.1 Å². The van der Waals surface area contributed by atoms with E-state index in [-0.39, 0.29) is 166 Å². The largest absolute Gasteiger partial charge is 0.399 e. The molecule has 0 bridgehead atoms. The smallest absolute Gasteiger partial charge is 0.312 e. The number of nitrogens with two attached hydrogens (primary N) is 2. The van der Waals surface area contributed by atoms with Gasteiger partial charge in [-0.3, -0.25) is 52.7 Å². The topological polar surface area (TPSA) is 553 Å². The number of anilines is 1. The molecule has 3 aromatic carbocycles. The maximum atomic E-state index is 15.2. The zero-order chi connectivity index (χ0) is 104. The van der Waals surface area contributed by atoms with E-state index in [0.29, 0.717) is 75.0 Å². The van der Waals surface area contributed by atoms with Crippen molar-refractivity contribution in [1.29, 1.82) is 0 Å². The first-order chi connectivity index (χ1) is 67.9. The summed E-state index contributed by atoms with van der Waals surface area (Å²) in [5.41, 5.74) is 16.6. The Labute approximate surface area is 835 Å². The number of ether oxygens (including phenoxy) is 8. The molecule has 1 aliphatic carbocycles. The third-order valence-electron chi connectivity index (χ3n) is 26.5. The fourth-order valence-electron chi connectivity index (χ4n) is 18.1. The number of hydrogen-bond donors (Lipinski definition) is 16. The second-order valence-corrected chi connectivity index (χ2v) is 38.0. The maximum absolute atomic E-state index is 15.2. The van der Waals surface area contributed by atoms with Gasteiger partial charge in [-0.25, -0.2) is 4.79 Å². The number of rotatable bonds is 60. The molecule has 142 heavy (non-hydrogen) atoms. The molecular formula is C102H159N15O25. The normalized spacial score (nSPS) is 20.6. The Kier molecular flexibility index (Phi) is 51.4. The number of aliphatic hydroxyl groups is 5. The van der Waals surface area contributed by atoms with Gasteiger partial charge in [-0.15, -0.1) is 0 Å². The molecule has 792 valence electrons. The lowest BCUT2D eigenvalue weighted by molar-refractivity contribution is -0.234. The van der Waals surface area contributed by atoms with Crippen LogP contribution in [0.15, 0.2) is 90.3 Å². The van der Waals surface area contributed by atoms with E-state index in [9.17, 15) is 68.7 Å². The number of unbranched alkanes of at least 4 members (excludes halogenated alkanes) is 1. The number of carbonyl (C=O) groups excluding carboxylic acids is 12. The predicted octanol–water partition coefficient (Wildman–Crippen LogP) is 2.82. The van der Waals surface area contributed by atoms with Crippen LogP contribution in [0.3, 0.4) is 0 Å². The number of para-hydroxylation sites is 1. The van der Waals surface area contributed by atoms with Crippen molar-refractivity contribution >= 4 is 76.7 Å². The van der Waals surface area contributed by atoms with Gasteiger partial charge in [0.2, 0.25) is 65.0 Å². The first-order valence-corrected chi connectivity index (χ1v) is 50.0. The van der Waals surface area contributed by atoms with Crippen LogP contribution in [0, 0.1) is 41.4 Å². The van der Waals surface area contributed by atoms with Crippen LogP contribution in [-0.4, -0.2) is 329 Å². The van der Waals surface area contributed by atoms with Crippen LogP contribution < -0.4 is 64.2 Å². The van der Waals surface area contributed by atoms with Gasteiger partial charge in [0, 0.05) is 90.6 Å². The minimum absolute atomic E-state index is 0.00147. The summed E-state index contributed by atoms with van der Waals surface area (Å²) in [6.45, 7) is 18.8. The Morgan fingerprint density at radius 3 is 1.84 bits per heavy atom. The van der Waals surface area contributed by atoms with Gasteiger partial charge >= 0.3 is 6.03 Å². The van der Waals surface area contributed by atoms with Crippen LogP contribution in [0.5, 0.6) is 0 Å². The molecule has 19 atom stereocenters. The van der Waals surface area contributed by atoms with E-state index in [0.717, 1.165) is 23.1 Å². The number of urea groups is 1. The molecule has 3 aliphatic heterocycles. The predicted molar refractivity (Wildman–Crippen MR) is 529 cm³/mol.